The molecule has 0 spiro atoms. The molecule has 2 aromatic rings. The molecule has 0 aliphatic heterocycles. The van der Waals surface area contributed by atoms with E-state index in [9.17, 15) is 13.0 Å². The zero-order valence-electron chi connectivity index (χ0n) is 14.3. The van der Waals surface area contributed by atoms with Gasteiger partial charge in [-0.2, -0.15) is 0 Å². The van der Waals surface area contributed by atoms with Gasteiger partial charge in [0.15, 0.2) is 0 Å². The van der Waals surface area contributed by atoms with Gasteiger partial charge in [0.1, 0.15) is 10.1 Å². The van der Waals surface area contributed by atoms with Crippen LogP contribution in [0, 0.1) is 0 Å². The van der Waals surface area contributed by atoms with Crippen molar-refractivity contribution < 1.29 is 42.5 Å². The molecule has 0 aromatic heterocycles. The second-order valence-corrected chi connectivity index (χ2v) is 7.04. The van der Waals surface area contributed by atoms with E-state index in [2.05, 4.69) is 13.8 Å². The molecule has 0 saturated carbocycles. The molecule has 0 saturated heterocycles. The van der Waals surface area contributed by atoms with Crippen molar-refractivity contribution in [3.63, 3.8) is 0 Å². The molecule has 2 rings (SSSR count). The van der Waals surface area contributed by atoms with Crippen LogP contribution in [0.15, 0.2) is 35.2 Å². The summed E-state index contributed by atoms with van der Waals surface area (Å²) in [7, 11) is -4.48. The Labute approximate surface area is 161 Å². The Bertz CT molecular complexity index is 754. The van der Waals surface area contributed by atoms with Crippen LogP contribution < -0.4 is 29.6 Å². The maximum Gasteiger partial charge on any atom is 1.00 e. The van der Waals surface area contributed by atoms with Crippen LogP contribution in [0.2, 0.25) is 0 Å². The third-order valence-corrected chi connectivity index (χ3v) is 5.02. The van der Waals surface area contributed by atoms with E-state index in [1.54, 1.807) is 6.07 Å². The number of hydrogen-bond donors (Lipinski definition) is 0. The van der Waals surface area contributed by atoms with Crippen molar-refractivity contribution in [2.45, 2.75) is 57.3 Å². The number of fused-ring (bicyclic) bond motifs is 1. The molecule has 0 aliphatic rings. The molecule has 23 heavy (non-hydrogen) atoms. The minimum absolute atomic E-state index is 0. The molecular weight excluding hydrogens is 319 g/mol. The van der Waals surface area contributed by atoms with Crippen molar-refractivity contribution in [1.29, 1.82) is 0 Å². The van der Waals surface area contributed by atoms with E-state index in [1.807, 2.05) is 24.3 Å². The van der Waals surface area contributed by atoms with Gasteiger partial charge in [-0.25, -0.2) is 8.42 Å². The summed E-state index contributed by atoms with van der Waals surface area (Å²) in [6.07, 6.45) is 5.51. The van der Waals surface area contributed by atoms with Gasteiger partial charge in [0.25, 0.3) is 0 Å². The number of rotatable bonds is 7. The predicted octanol–water partition coefficient (Wildman–Crippen LogP) is 1.43. The molecule has 0 bridgehead atoms. The molecule has 120 valence electrons. The Morgan fingerprint density at radius 1 is 0.870 bits per heavy atom. The molecule has 0 N–H and O–H groups in total. The minimum atomic E-state index is -4.48. The van der Waals surface area contributed by atoms with Gasteiger partial charge in [0, 0.05) is 0 Å². The third kappa shape index (κ3) is 5.04. The zero-order valence-corrected chi connectivity index (χ0v) is 17.1. The first-order chi connectivity index (χ1) is 10.5. The molecule has 0 amide bonds. The molecule has 0 heterocycles. The standard InChI is InChI=1S/C18H24O3S.Na/c1-3-5-8-14-10-7-11-17-16(14)13-12-15(9-6-4-2)18(17)22(19,20)21;/h7,10-13H,3-6,8-9H2,1-2H3,(H,19,20,21);/q;+1/p-1. The van der Waals surface area contributed by atoms with E-state index >= 15 is 0 Å². The molecule has 0 aliphatic carbocycles. The van der Waals surface area contributed by atoms with Gasteiger partial charge in [-0.1, -0.05) is 57.0 Å². The monoisotopic (exact) mass is 342 g/mol. The summed E-state index contributed by atoms with van der Waals surface area (Å²) < 4.78 is 35.4. The molecule has 3 nitrogen and oxygen atoms in total. The number of aryl methyl sites for hydroxylation is 2. The largest absolute Gasteiger partial charge is 1.00 e. The van der Waals surface area contributed by atoms with Crippen molar-refractivity contribution in [2.24, 2.45) is 0 Å². The maximum atomic E-state index is 11.8. The summed E-state index contributed by atoms with van der Waals surface area (Å²) >= 11 is 0. The third-order valence-electron chi connectivity index (χ3n) is 4.03. The van der Waals surface area contributed by atoms with Gasteiger partial charge in [0.2, 0.25) is 0 Å². The normalized spacial score (nSPS) is 11.4. The van der Waals surface area contributed by atoms with Gasteiger partial charge in [-0.3, -0.25) is 0 Å². The molecule has 0 atom stereocenters. The first-order valence-electron chi connectivity index (χ1n) is 7.98. The van der Waals surface area contributed by atoms with E-state index in [1.165, 1.54) is 0 Å². The fourth-order valence-electron chi connectivity index (χ4n) is 2.88. The molecule has 0 fully saturated rings. The van der Waals surface area contributed by atoms with Crippen molar-refractivity contribution >= 4 is 20.9 Å². The van der Waals surface area contributed by atoms with Crippen molar-refractivity contribution in [3.8, 4) is 0 Å². The van der Waals surface area contributed by atoms with Crippen LogP contribution >= 0.6 is 0 Å². The average molecular weight is 342 g/mol. The van der Waals surface area contributed by atoms with Crippen LogP contribution in [0.4, 0.5) is 0 Å². The molecule has 0 unspecified atom stereocenters. The van der Waals surface area contributed by atoms with E-state index in [0.717, 1.165) is 43.1 Å². The Hall–Kier alpha value is -0.390. The molecule has 2 aromatic carbocycles. The van der Waals surface area contributed by atoms with E-state index < -0.39 is 10.1 Å². The summed E-state index contributed by atoms with van der Waals surface area (Å²) in [5, 5.41) is 1.47. The van der Waals surface area contributed by atoms with Gasteiger partial charge < -0.3 is 4.55 Å². The summed E-state index contributed by atoms with van der Waals surface area (Å²) in [5.41, 5.74) is 1.77. The van der Waals surface area contributed by atoms with Crippen LogP contribution in [-0.2, 0) is 23.0 Å². The van der Waals surface area contributed by atoms with Gasteiger partial charge in [-0.15, -0.1) is 0 Å². The van der Waals surface area contributed by atoms with Gasteiger partial charge in [-0.05, 0) is 47.6 Å². The maximum absolute atomic E-state index is 11.8. The summed E-state index contributed by atoms with van der Waals surface area (Å²) in [6.45, 7) is 4.18. The summed E-state index contributed by atoms with van der Waals surface area (Å²) in [4.78, 5) is -0.0169. The van der Waals surface area contributed by atoms with Gasteiger partial charge >= 0.3 is 29.6 Å². The first-order valence-corrected chi connectivity index (χ1v) is 9.39. The quantitative estimate of drug-likeness (QED) is 0.565. The van der Waals surface area contributed by atoms with Gasteiger partial charge in [0.05, 0.1) is 4.90 Å². The topological polar surface area (TPSA) is 57.2 Å². The average Bonchev–Trinajstić information content (AvgIpc) is 2.48. The van der Waals surface area contributed by atoms with E-state index in [0.29, 0.717) is 17.4 Å². The number of unbranched alkanes of at least 4 members (excludes halogenated alkanes) is 2. The molecule has 0 radical (unpaired) electrons. The molecule has 5 heteroatoms. The summed E-state index contributed by atoms with van der Waals surface area (Å²) in [5.74, 6) is 0. The fourth-order valence-corrected chi connectivity index (χ4v) is 3.82. The number of benzene rings is 2. The Balaban J connectivity index is 0.00000264. The molecular formula is C18H23NaO3S. The minimum Gasteiger partial charge on any atom is -0.744 e. The van der Waals surface area contributed by atoms with Crippen LogP contribution in [0.1, 0.15) is 50.7 Å². The summed E-state index contributed by atoms with van der Waals surface area (Å²) in [6, 6.07) is 9.42. The smallest absolute Gasteiger partial charge is 0.744 e. The second kappa shape index (κ2) is 9.19. The van der Waals surface area contributed by atoms with Crippen molar-refractivity contribution in [1.82, 2.24) is 0 Å². The Morgan fingerprint density at radius 3 is 2.04 bits per heavy atom. The predicted molar refractivity (Wildman–Crippen MR) is 89.1 cm³/mol. The first kappa shape index (κ1) is 20.7. The van der Waals surface area contributed by atoms with Crippen LogP contribution in [0.3, 0.4) is 0 Å². The Morgan fingerprint density at radius 2 is 1.48 bits per heavy atom. The SMILES string of the molecule is CCCCc1ccc2c(CCCC)cccc2c1S(=O)(=O)[O-].[Na+]. The number of hydrogen-bond acceptors (Lipinski definition) is 3. The van der Waals surface area contributed by atoms with Crippen molar-refractivity contribution in [3.05, 3.63) is 41.5 Å². The fraction of sp³-hybridized carbons (Fsp3) is 0.444. The van der Waals surface area contributed by atoms with E-state index in [-0.39, 0.29) is 34.5 Å². The van der Waals surface area contributed by atoms with Crippen LogP contribution in [0.5, 0.6) is 0 Å². The Kier molecular flexibility index (Phi) is 8.25. The van der Waals surface area contributed by atoms with Crippen LogP contribution in [0.25, 0.3) is 10.8 Å². The van der Waals surface area contributed by atoms with Crippen LogP contribution in [-0.4, -0.2) is 13.0 Å². The second-order valence-electron chi connectivity index (χ2n) is 5.73. The van der Waals surface area contributed by atoms with Crippen molar-refractivity contribution in [2.75, 3.05) is 0 Å². The zero-order chi connectivity index (χ0) is 16.2. The van der Waals surface area contributed by atoms with E-state index in [4.69, 9.17) is 0 Å².